The standard InChI is InChI=1S/C18H23N3O2S/c1-19-17(22)14-4-3-9-21(10-14)11-15-12-24-18(20-15)13-5-7-16(23-2)8-6-13/h5-8,12,14H,3-4,9-11H2,1-2H3,(H,19,22). The van der Waals surface area contributed by atoms with E-state index in [0.717, 1.165) is 54.5 Å². The van der Waals surface area contributed by atoms with E-state index in [1.54, 1.807) is 25.5 Å². The van der Waals surface area contributed by atoms with Gasteiger partial charge in [0.15, 0.2) is 0 Å². The summed E-state index contributed by atoms with van der Waals surface area (Å²) in [5.74, 6) is 1.10. The minimum atomic E-state index is 0.100. The van der Waals surface area contributed by atoms with E-state index in [4.69, 9.17) is 9.72 Å². The van der Waals surface area contributed by atoms with E-state index in [1.165, 1.54) is 0 Å². The Bertz CT molecular complexity index is 684. The van der Waals surface area contributed by atoms with Gasteiger partial charge in [0.25, 0.3) is 0 Å². The fourth-order valence-corrected chi connectivity index (χ4v) is 3.91. The van der Waals surface area contributed by atoms with Gasteiger partial charge in [0.2, 0.25) is 5.91 Å². The monoisotopic (exact) mass is 345 g/mol. The van der Waals surface area contributed by atoms with E-state index in [-0.39, 0.29) is 11.8 Å². The van der Waals surface area contributed by atoms with Crippen molar-refractivity contribution < 1.29 is 9.53 Å². The topological polar surface area (TPSA) is 54.5 Å². The molecule has 2 heterocycles. The highest BCUT2D eigenvalue weighted by Crippen LogP contribution is 2.27. The molecule has 1 saturated heterocycles. The first-order valence-corrected chi connectivity index (χ1v) is 9.10. The van der Waals surface area contributed by atoms with Gasteiger partial charge in [-0.25, -0.2) is 4.98 Å². The molecule has 1 atom stereocenters. The summed E-state index contributed by atoms with van der Waals surface area (Å²) in [5.41, 5.74) is 2.18. The first kappa shape index (κ1) is 16.9. The number of likely N-dealkylation sites (tertiary alicyclic amines) is 1. The van der Waals surface area contributed by atoms with Crippen LogP contribution in [0.1, 0.15) is 18.5 Å². The van der Waals surface area contributed by atoms with Gasteiger partial charge in [-0.05, 0) is 43.7 Å². The second-order valence-corrected chi connectivity index (χ2v) is 6.92. The molecule has 0 bridgehead atoms. The summed E-state index contributed by atoms with van der Waals surface area (Å²) in [7, 11) is 3.38. The van der Waals surface area contributed by atoms with Gasteiger partial charge in [0.1, 0.15) is 10.8 Å². The number of hydrogen-bond donors (Lipinski definition) is 1. The van der Waals surface area contributed by atoms with E-state index >= 15 is 0 Å². The highest BCUT2D eigenvalue weighted by molar-refractivity contribution is 7.13. The van der Waals surface area contributed by atoms with Gasteiger partial charge in [-0.3, -0.25) is 9.69 Å². The van der Waals surface area contributed by atoms with Crippen LogP contribution in [0.2, 0.25) is 0 Å². The fourth-order valence-electron chi connectivity index (χ4n) is 3.09. The number of carbonyl (C=O) groups excluding carboxylic acids is 1. The number of nitrogens with one attached hydrogen (secondary N) is 1. The van der Waals surface area contributed by atoms with Crippen molar-refractivity contribution >= 4 is 17.2 Å². The van der Waals surface area contributed by atoms with Crippen molar-refractivity contribution in [3.8, 4) is 16.3 Å². The molecule has 5 nitrogen and oxygen atoms in total. The van der Waals surface area contributed by atoms with E-state index < -0.39 is 0 Å². The largest absolute Gasteiger partial charge is 0.497 e. The van der Waals surface area contributed by atoms with Gasteiger partial charge in [-0.15, -0.1) is 11.3 Å². The lowest BCUT2D eigenvalue weighted by Crippen LogP contribution is -2.41. The number of thiazole rings is 1. The van der Waals surface area contributed by atoms with E-state index in [1.807, 2.05) is 24.3 Å². The Balaban J connectivity index is 1.64. The zero-order valence-corrected chi connectivity index (χ0v) is 14.9. The Morgan fingerprint density at radius 2 is 2.21 bits per heavy atom. The molecule has 2 aromatic rings. The Morgan fingerprint density at radius 1 is 1.42 bits per heavy atom. The van der Waals surface area contributed by atoms with Crippen molar-refractivity contribution in [2.75, 3.05) is 27.2 Å². The zero-order valence-electron chi connectivity index (χ0n) is 14.1. The molecule has 1 N–H and O–H groups in total. The summed E-state index contributed by atoms with van der Waals surface area (Å²) in [5, 5.41) is 5.90. The number of rotatable bonds is 5. The number of methoxy groups -OCH3 is 1. The summed E-state index contributed by atoms with van der Waals surface area (Å²) in [6.45, 7) is 2.65. The van der Waals surface area contributed by atoms with Gasteiger partial charge in [0, 0.05) is 31.1 Å². The second-order valence-electron chi connectivity index (χ2n) is 6.06. The molecule has 3 rings (SSSR count). The predicted octanol–water partition coefficient (Wildman–Crippen LogP) is 2.78. The van der Waals surface area contributed by atoms with Gasteiger partial charge < -0.3 is 10.1 Å². The predicted molar refractivity (Wildman–Crippen MR) is 96.2 cm³/mol. The molecule has 6 heteroatoms. The number of carbonyl (C=O) groups is 1. The number of amides is 1. The molecule has 0 radical (unpaired) electrons. The lowest BCUT2D eigenvalue weighted by molar-refractivity contribution is -0.126. The van der Waals surface area contributed by atoms with E-state index in [2.05, 4.69) is 15.6 Å². The molecule has 0 aliphatic carbocycles. The Labute approximate surface area is 146 Å². The average Bonchev–Trinajstić information content (AvgIpc) is 3.09. The van der Waals surface area contributed by atoms with Crippen molar-refractivity contribution in [2.24, 2.45) is 5.92 Å². The van der Waals surface area contributed by atoms with Crippen molar-refractivity contribution in [2.45, 2.75) is 19.4 Å². The van der Waals surface area contributed by atoms with Crippen LogP contribution in [-0.2, 0) is 11.3 Å². The average molecular weight is 345 g/mol. The SMILES string of the molecule is CNC(=O)C1CCCN(Cc2csc(-c3ccc(OC)cc3)n2)C1. The molecular formula is C18H23N3O2S. The molecule has 1 aromatic heterocycles. The van der Waals surface area contributed by atoms with E-state index in [9.17, 15) is 4.79 Å². The molecular weight excluding hydrogens is 322 g/mol. The smallest absolute Gasteiger partial charge is 0.224 e. The quantitative estimate of drug-likeness (QED) is 0.905. The Morgan fingerprint density at radius 3 is 2.92 bits per heavy atom. The maximum absolute atomic E-state index is 11.8. The van der Waals surface area contributed by atoms with Crippen LogP contribution in [0.3, 0.4) is 0 Å². The molecule has 128 valence electrons. The van der Waals surface area contributed by atoms with Crippen LogP contribution in [0.15, 0.2) is 29.6 Å². The number of benzene rings is 1. The molecule has 0 spiro atoms. The van der Waals surface area contributed by atoms with Crippen LogP contribution >= 0.6 is 11.3 Å². The highest BCUT2D eigenvalue weighted by atomic mass is 32.1. The molecule has 1 unspecified atom stereocenters. The van der Waals surface area contributed by atoms with Gasteiger partial charge >= 0.3 is 0 Å². The lowest BCUT2D eigenvalue weighted by atomic mass is 9.97. The Hall–Kier alpha value is -1.92. The normalized spacial score (nSPS) is 18.3. The summed E-state index contributed by atoms with van der Waals surface area (Å²) < 4.78 is 5.19. The molecule has 24 heavy (non-hydrogen) atoms. The lowest BCUT2D eigenvalue weighted by Gasteiger charge is -2.31. The van der Waals surface area contributed by atoms with E-state index in [0.29, 0.717) is 0 Å². The number of ether oxygens (including phenoxy) is 1. The minimum absolute atomic E-state index is 0.100. The number of hydrogen-bond acceptors (Lipinski definition) is 5. The van der Waals surface area contributed by atoms with Crippen LogP contribution in [0, 0.1) is 5.92 Å². The molecule has 1 aromatic carbocycles. The third-order valence-corrected chi connectivity index (χ3v) is 5.34. The fraction of sp³-hybridized carbons (Fsp3) is 0.444. The molecule has 1 aliphatic rings. The maximum Gasteiger partial charge on any atom is 0.224 e. The maximum atomic E-state index is 11.8. The van der Waals surface area contributed by atoms with Crippen LogP contribution in [0.4, 0.5) is 0 Å². The van der Waals surface area contributed by atoms with Crippen molar-refractivity contribution in [1.82, 2.24) is 15.2 Å². The first-order valence-electron chi connectivity index (χ1n) is 8.22. The van der Waals surface area contributed by atoms with Crippen LogP contribution < -0.4 is 10.1 Å². The molecule has 1 aliphatic heterocycles. The molecule has 1 amide bonds. The number of nitrogens with zero attached hydrogens (tertiary/aromatic N) is 2. The second kappa shape index (κ2) is 7.77. The summed E-state index contributed by atoms with van der Waals surface area (Å²) in [4.78, 5) is 18.9. The summed E-state index contributed by atoms with van der Waals surface area (Å²) in [6, 6.07) is 7.97. The van der Waals surface area contributed by atoms with Crippen molar-refractivity contribution in [3.63, 3.8) is 0 Å². The van der Waals surface area contributed by atoms with Crippen LogP contribution in [-0.4, -0.2) is 43.0 Å². The van der Waals surface area contributed by atoms with Crippen molar-refractivity contribution in [3.05, 3.63) is 35.3 Å². The zero-order chi connectivity index (χ0) is 16.9. The van der Waals surface area contributed by atoms with Crippen LogP contribution in [0.5, 0.6) is 5.75 Å². The Kier molecular flexibility index (Phi) is 5.48. The third kappa shape index (κ3) is 3.94. The minimum Gasteiger partial charge on any atom is -0.497 e. The summed E-state index contributed by atoms with van der Waals surface area (Å²) in [6.07, 6.45) is 2.04. The number of aromatic nitrogens is 1. The van der Waals surface area contributed by atoms with Crippen LogP contribution in [0.25, 0.3) is 10.6 Å². The van der Waals surface area contributed by atoms with Gasteiger partial charge in [-0.2, -0.15) is 0 Å². The highest BCUT2D eigenvalue weighted by Gasteiger charge is 2.25. The number of piperidine rings is 1. The van der Waals surface area contributed by atoms with Gasteiger partial charge in [-0.1, -0.05) is 0 Å². The third-order valence-electron chi connectivity index (χ3n) is 4.40. The summed E-state index contributed by atoms with van der Waals surface area (Å²) >= 11 is 1.66. The van der Waals surface area contributed by atoms with Crippen molar-refractivity contribution in [1.29, 1.82) is 0 Å². The van der Waals surface area contributed by atoms with Gasteiger partial charge in [0.05, 0.1) is 18.7 Å². The first-order chi connectivity index (χ1) is 11.7. The molecule has 1 fully saturated rings. The molecule has 0 saturated carbocycles.